The van der Waals surface area contributed by atoms with Crippen LogP contribution in [0.25, 0.3) is 5.70 Å². The summed E-state index contributed by atoms with van der Waals surface area (Å²) in [5.41, 5.74) is 3.31. The van der Waals surface area contributed by atoms with Crippen molar-refractivity contribution in [1.29, 1.82) is 0 Å². The Morgan fingerprint density at radius 1 is 1.05 bits per heavy atom. The first-order chi connectivity index (χ1) is 10.8. The van der Waals surface area contributed by atoms with Crippen molar-refractivity contribution in [3.05, 3.63) is 71.8 Å². The Balaban J connectivity index is 1.87. The van der Waals surface area contributed by atoms with Crippen LogP contribution in [0.1, 0.15) is 24.1 Å². The SMILES string of the molecule is CCOc1ccc([C@H]2C=C(c3ccccc3)NC(=S)N2)cc1. The van der Waals surface area contributed by atoms with Crippen LogP contribution in [0.15, 0.2) is 60.7 Å². The number of thiocarbonyl (C=S) groups is 1. The van der Waals surface area contributed by atoms with Gasteiger partial charge >= 0.3 is 0 Å². The second-order valence-corrected chi connectivity index (χ2v) is 5.43. The number of nitrogens with one attached hydrogen (secondary N) is 2. The van der Waals surface area contributed by atoms with Crippen LogP contribution in [0.4, 0.5) is 0 Å². The monoisotopic (exact) mass is 310 g/mol. The standard InChI is InChI=1S/C18H18N2OS/c1-2-21-15-10-8-14(9-11-15)17-12-16(19-18(22)20-17)13-6-4-3-5-7-13/h3-12,17H,2H2,1H3,(H2,19,20,22)/t17-/m1/s1. The Hall–Kier alpha value is -2.33. The van der Waals surface area contributed by atoms with Crippen LogP contribution in [0.3, 0.4) is 0 Å². The summed E-state index contributed by atoms with van der Waals surface area (Å²) in [5, 5.41) is 7.15. The lowest BCUT2D eigenvalue weighted by Crippen LogP contribution is -2.40. The van der Waals surface area contributed by atoms with Crippen molar-refractivity contribution in [1.82, 2.24) is 10.6 Å². The van der Waals surface area contributed by atoms with Crippen LogP contribution >= 0.6 is 12.2 Å². The molecule has 0 unspecified atom stereocenters. The molecule has 2 aromatic carbocycles. The fourth-order valence-corrected chi connectivity index (χ4v) is 2.69. The zero-order valence-corrected chi connectivity index (χ0v) is 13.2. The minimum absolute atomic E-state index is 0.0552. The fraction of sp³-hybridized carbons (Fsp3) is 0.167. The summed E-state index contributed by atoms with van der Waals surface area (Å²) in [7, 11) is 0. The first kappa shape index (κ1) is 14.6. The molecule has 112 valence electrons. The van der Waals surface area contributed by atoms with Crippen molar-refractivity contribution >= 4 is 23.0 Å². The Morgan fingerprint density at radius 2 is 1.77 bits per heavy atom. The third kappa shape index (κ3) is 3.28. The van der Waals surface area contributed by atoms with Crippen LogP contribution in [0.2, 0.25) is 0 Å². The molecule has 0 fully saturated rings. The zero-order valence-electron chi connectivity index (χ0n) is 12.4. The van der Waals surface area contributed by atoms with E-state index in [1.54, 1.807) is 0 Å². The van der Waals surface area contributed by atoms with Crippen molar-refractivity contribution in [2.24, 2.45) is 0 Å². The Labute approximate surface area is 136 Å². The van der Waals surface area contributed by atoms with Crippen molar-refractivity contribution < 1.29 is 4.74 Å². The lowest BCUT2D eigenvalue weighted by Gasteiger charge is -2.26. The van der Waals surface area contributed by atoms with Gasteiger partial charge in [-0.1, -0.05) is 42.5 Å². The molecule has 0 radical (unpaired) electrons. The van der Waals surface area contributed by atoms with E-state index in [4.69, 9.17) is 17.0 Å². The molecule has 0 amide bonds. The molecule has 1 aliphatic rings. The minimum Gasteiger partial charge on any atom is -0.494 e. The molecule has 4 heteroatoms. The van der Waals surface area contributed by atoms with Crippen LogP contribution in [-0.2, 0) is 0 Å². The van der Waals surface area contributed by atoms with E-state index in [1.807, 2.05) is 37.3 Å². The molecule has 0 saturated heterocycles. The summed E-state index contributed by atoms with van der Waals surface area (Å²) in [6.07, 6.45) is 2.15. The topological polar surface area (TPSA) is 33.3 Å². The van der Waals surface area contributed by atoms with Gasteiger partial charge in [-0.2, -0.15) is 0 Å². The maximum absolute atomic E-state index is 5.49. The van der Waals surface area contributed by atoms with Crippen LogP contribution < -0.4 is 15.4 Å². The third-order valence-electron chi connectivity index (χ3n) is 3.50. The maximum Gasteiger partial charge on any atom is 0.171 e. The summed E-state index contributed by atoms with van der Waals surface area (Å²) in [4.78, 5) is 0. The van der Waals surface area contributed by atoms with E-state index in [9.17, 15) is 0 Å². The largest absolute Gasteiger partial charge is 0.494 e. The molecule has 22 heavy (non-hydrogen) atoms. The highest BCUT2D eigenvalue weighted by Crippen LogP contribution is 2.24. The molecular weight excluding hydrogens is 292 g/mol. The van der Waals surface area contributed by atoms with Gasteiger partial charge in [-0.05, 0) is 48.5 Å². The Morgan fingerprint density at radius 3 is 2.45 bits per heavy atom. The number of rotatable bonds is 4. The molecule has 1 heterocycles. The van der Waals surface area contributed by atoms with Crippen LogP contribution in [0.5, 0.6) is 5.75 Å². The predicted octanol–water partition coefficient (Wildman–Crippen LogP) is 3.65. The Kier molecular flexibility index (Phi) is 4.39. The minimum atomic E-state index is 0.0552. The van der Waals surface area contributed by atoms with Crippen molar-refractivity contribution in [2.45, 2.75) is 13.0 Å². The highest BCUT2D eigenvalue weighted by atomic mass is 32.1. The van der Waals surface area contributed by atoms with Gasteiger partial charge in [0.1, 0.15) is 5.75 Å². The van der Waals surface area contributed by atoms with Gasteiger partial charge in [0.05, 0.1) is 12.6 Å². The quantitative estimate of drug-likeness (QED) is 0.845. The zero-order chi connectivity index (χ0) is 15.4. The molecule has 0 bridgehead atoms. The van der Waals surface area contributed by atoms with Gasteiger partial charge in [0.25, 0.3) is 0 Å². The van der Waals surface area contributed by atoms with Gasteiger partial charge in [0.2, 0.25) is 0 Å². The molecule has 0 aromatic heterocycles. The van der Waals surface area contributed by atoms with Crippen LogP contribution in [0, 0.1) is 0 Å². The summed E-state index contributed by atoms with van der Waals surface area (Å²) in [6.45, 7) is 2.66. The molecule has 3 nitrogen and oxygen atoms in total. The average molecular weight is 310 g/mol. The number of benzene rings is 2. The highest BCUT2D eigenvalue weighted by Gasteiger charge is 2.18. The van der Waals surface area contributed by atoms with Crippen molar-refractivity contribution in [3.63, 3.8) is 0 Å². The van der Waals surface area contributed by atoms with E-state index >= 15 is 0 Å². The van der Waals surface area contributed by atoms with E-state index in [1.165, 1.54) is 0 Å². The highest BCUT2D eigenvalue weighted by molar-refractivity contribution is 7.80. The van der Waals surface area contributed by atoms with Gasteiger partial charge in [0.15, 0.2) is 5.11 Å². The smallest absolute Gasteiger partial charge is 0.171 e. The van der Waals surface area contributed by atoms with E-state index in [0.29, 0.717) is 11.7 Å². The van der Waals surface area contributed by atoms with E-state index in [2.05, 4.69) is 41.0 Å². The molecule has 1 aliphatic heterocycles. The van der Waals surface area contributed by atoms with Crippen molar-refractivity contribution in [3.8, 4) is 5.75 Å². The normalized spacial score (nSPS) is 17.2. The average Bonchev–Trinajstić information content (AvgIpc) is 2.56. The first-order valence-corrected chi connectivity index (χ1v) is 7.74. The first-order valence-electron chi connectivity index (χ1n) is 7.34. The lowest BCUT2D eigenvalue weighted by atomic mass is 10.0. The van der Waals surface area contributed by atoms with Gasteiger partial charge in [-0.3, -0.25) is 0 Å². The summed E-state index contributed by atoms with van der Waals surface area (Å²) < 4.78 is 5.49. The second-order valence-electron chi connectivity index (χ2n) is 5.02. The van der Waals surface area contributed by atoms with E-state index in [-0.39, 0.29) is 6.04 Å². The third-order valence-corrected chi connectivity index (χ3v) is 3.72. The molecule has 0 spiro atoms. The summed E-state index contributed by atoms with van der Waals surface area (Å²) >= 11 is 5.34. The van der Waals surface area contributed by atoms with Gasteiger partial charge in [-0.15, -0.1) is 0 Å². The number of ether oxygens (including phenoxy) is 1. The Bertz CT molecular complexity index is 680. The molecule has 2 aromatic rings. The number of hydrogen-bond acceptors (Lipinski definition) is 2. The number of hydrogen-bond donors (Lipinski definition) is 2. The summed E-state index contributed by atoms with van der Waals surface area (Å²) in [6, 6.07) is 18.4. The van der Waals surface area contributed by atoms with Crippen LogP contribution in [-0.4, -0.2) is 11.7 Å². The molecule has 0 aliphatic carbocycles. The van der Waals surface area contributed by atoms with E-state index < -0.39 is 0 Å². The van der Waals surface area contributed by atoms with Crippen molar-refractivity contribution in [2.75, 3.05) is 6.61 Å². The van der Waals surface area contributed by atoms with E-state index in [0.717, 1.165) is 22.6 Å². The molecular formula is C18H18N2OS. The van der Waals surface area contributed by atoms with Gasteiger partial charge in [0, 0.05) is 5.70 Å². The van der Waals surface area contributed by atoms with Gasteiger partial charge in [-0.25, -0.2) is 0 Å². The molecule has 1 atom stereocenters. The predicted molar refractivity (Wildman–Crippen MR) is 93.6 cm³/mol. The molecule has 2 N–H and O–H groups in total. The van der Waals surface area contributed by atoms with Gasteiger partial charge < -0.3 is 15.4 Å². The molecule has 0 saturated carbocycles. The fourth-order valence-electron chi connectivity index (χ4n) is 2.45. The lowest BCUT2D eigenvalue weighted by molar-refractivity contribution is 0.340. The second kappa shape index (κ2) is 6.62. The summed E-state index contributed by atoms with van der Waals surface area (Å²) in [5.74, 6) is 0.884. The molecule has 3 rings (SSSR count). The maximum atomic E-state index is 5.49.